The molecular weight excluding hydrogens is 242 g/mol. The van der Waals surface area contributed by atoms with Crippen molar-refractivity contribution in [3.8, 4) is 5.75 Å². The summed E-state index contributed by atoms with van der Waals surface area (Å²) in [7, 11) is 1.64. The normalized spacial score (nSPS) is 12.4. The Labute approximate surface area is 104 Å². The molecule has 0 amide bonds. The fourth-order valence-electron chi connectivity index (χ4n) is 1.57. The Morgan fingerprint density at radius 3 is 2.75 bits per heavy atom. The van der Waals surface area contributed by atoms with Gasteiger partial charge in [-0.15, -0.1) is 11.3 Å². The molecular formula is C12H12ClNOS. The Balaban J connectivity index is 2.39. The topological polar surface area (TPSA) is 35.2 Å². The van der Waals surface area contributed by atoms with E-state index < -0.39 is 0 Å². The van der Waals surface area contributed by atoms with Crippen LogP contribution in [0.2, 0.25) is 5.02 Å². The second-order valence-electron chi connectivity index (χ2n) is 3.35. The molecule has 4 heteroatoms. The smallest absolute Gasteiger partial charge is 0.134 e. The van der Waals surface area contributed by atoms with Crippen molar-refractivity contribution in [3.63, 3.8) is 0 Å². The zero-order chi connectivity index (χ0) is 11.5. The number of halogens is 1. The molecule has 0 spiro atoms. The highest BCUT2D eigenvalue weighted by Crippen LogP contribution is 2.35. The molecule has 0 aliphatic carbocycles. The van der Waals surface area contributed by atoms with Crippen molar-refractivity contribution >= 4 is 22.9 Å². The van der Waals surface area contributed by atoms with E-state index in [2.05, 4.69) is 0 Å². The van der Waals surface area contributed by atoms with Crippen LogP contribution in [0.4, 0.5) is 0 Å². The van der Waals surface area contributed by atoms with Crippen LogP contribution in [0.5, 0.6) is 5.75 Å². The van der Waals surface area contributed by atoms with Gasteiger partial charge in [-0.25, -0.2) is 0 Å². The molecule has 1 heterocycles. The van der Waals surface area contributed by atoms with Crippen molar-refractivity contribution < 1.29 is 4.74 Å². The van der Waals surface area contributed by atoms with Crippen molar-refractivity contribution in [1.29, 1.82) is 0 Å². The molecule has 1 atom stereocenters. The van der Waals surface area contributed by atoms with Crippen molar-refractivity contribution in [2.75, 3.05) is 7.11 Å². The number of rotatable bonds is 3. The Hall–Kier alpha value is -1.03. The molecule has 1 aromatic heterocycles. The lowest BCUT2D eigenvalue weighted by molar-refractivity contribution is 0.411. The predicted octanol–water partition coefficient (Wildman–Crippen LogP) is 3.46. The van der Waals surface area contributed by atoms with Crippen molar-refractivity contribution in [2.45, 2.75) is 6.04 Å². The van der Waals surface area contributed by atoms with E-state index in [1.165, 1.54) is 0 Å². The van der Waals surface area contributed by atoms with E-state index in [-0.39, 0.29) is 6.04 Å². The second kappa shape index (κ2) is 4.87. The van der Waals surface area contributed by atoms with Gasteiger partial charge in [0, 0.05) is 5.02 Å². The number of hydrogen-bond acceptors (Lipinski definition) is 3. The van der Waals surface area contributed by atoms with Gasteiger partial charge in [0.15, 0.2) is 0 Å². The van der Waals surface area contributed by atoms with Crippen LogP contribution in [0.1, 0.15) is 16.5 Å². The van der Waals surface area contributed by atoms with E-state index in [4.69, 9.17) is 22.1 Å². The van der Waals surface area contributed by atoms with Crippen molar-refractivity contribution in [2.24, 2.45) is 5.73 Å². The maximum Gasteiger partial charge on any atom is 0.134 e. The minimum absolute atomic E-state index is 0.233. The fraction of sp³-hybridized carbons (Fsp3) is 0.167. The van der Waals surface area contributed by atoms with Gasteiger partial charge in [-0.1, -0.05) is 29.8 Å². The number of methoxy groups -OCH3 is 1. The average Bonchev–Trinajstić information content (AvgIpc) is 2.77. The lowest BCUT2D eigenvalue weighted by Crippen LogP contribution is -2.11. The standard InChI is InChI=1S/C12H12ClNOS/c1-15-10-6-7-16-12(10)11(14)8-4-2-3-5-9(8)13/h2-7,11H,14H2,1H3. The third-order valence-corrected chi connectivity index (χ3v) is 3.73. The molecule has 84 valence electrons. The highest BCUT2D eigenvalue weighted by Gasteiger charge is 2.17. The van der Waals surface area contributed by atoms with E-state index >= 15 is 0 Å². The molecule has 0 radical (unpaired) electrons. The Morgan fingerprint density at radius 1 is 1.31 bits per heavy atom. The first-order chi connectivity index (χ1) is 7.74. The molecule has 1 unspecified atom stereocenters. The predicted molar refractivity (Wildman–Crippen MR) is 68.4 cm³/mol. The van der Waals surface area contributed by atoms with E-state index in [0.717, 1.165) is 16.2 Å². The minimum atomic E-state index is -0.233. The second-order valence-corrected chi connectivity index (χ2v) is 4.71. The molecule has 0 saturated carbocycles. The summed E-state index contributed by atoms with van der Waals surface area (Å²) >= 11 is 7.69. The fourth-order valence-corrected chi connectivity index (χ4v) is 2.71. The van der Waals surface area contributed by atoms with Crippen LogP contribution in [0.25, 0.3) is 0 Å². The SMILES string of the molecule is COc1ccsc1C(N)c1ccccc1Cl. The van der Waals surface area contributed by atoms with Crippen LogP contribution in [0.15, 0.2) is 35.7 Å². The first kappa shape index (κ1) is 11.5. The lowest BCUT2D eigenvalue weighted by atomic mass is 10.1. The van der Waals surface area contributed by atoms with E-state index in [1.807, 2.05) is 35.7 Å². The minimum Gasteiger partial charge on any atom is -0.496 e. The van der Waals surface area contributed by atoms with Gasteiger partial charge in [0.05, 0.1) is 18.0 Å². The van der Waals surface area contributed by atoms with E-state index in [0.29, 0.717) is 5.02 Å². The van der Waals surface area contributed by atoms with E-state index in [9.17, 15) is 0 Å². The van der Waals surface area contributed by atoms with Gasteiger partial charge in [-0.2, -0.15) is 0 Å². The molecule has 2 aromatic rings. The monoisotopic (exact) mass is 253 g/mol. The highest BCUT2D eigenvalue weighted by molar-refractivity contribution is 7.10. The Bertz CT molecular complexity index is 483. The molecule has 0 bridgehead atoms. The molecule has 2 N–H and O–H groups in total. The van der Waals surface area contributed by atoms with E-state index in [1.54, 1.807) is 18.4 Å². The highest BCUT2D eigenvalue weighted by atomic mass is 35.5. The van der Waals surface area contributed by atoms with Crippen LogP contribution in [-0.2, 0) is 0 Å². The van der Waals surface area contributed by atoms with Crippen LogP contribution in [-0.4, -0.2) is 7.11 Å². The zero-order valence-electron chi connectivity index (χ0n) is 8.81. The summed E-state index contributed by atoms with van der Waals surface area (Å²) in [6.45, 7) is 0. The van der Waals surface area contributed by atoms with Crippen LogP contribution < -0.4 is 10.5 Å². The summed E-state index contributed by atoms with van der Waals surface area (Å²) in [5, 5.41) is 2.65. The lowest BCUT2D eigenvalue weighted by Gasteiger charge is -2.13. The first-order valence-corrected chi connectivity index (χ1v) is 6.11. The summed E-state index contributed by atoms with van der Waals surface area (Å²) < 4.78 is 5.26. The average molecular weight is 254 g/mol. The largest absolute Gasteiger partial charge is 0.496 e. The molecule has 0 saturated heterocycles. The summed E-state index contributed by atoms with van der Waals surface area (Å²) in [6, 6.07) is 9.29. The number of nitrogens with two attached hydrogens (primary N) is 1. The Kier molecular flexibility index (Phi) is 3.49. The van der Waals surface area contributed by atoms with Crippen LogP contribution >= 0.6 is 22.9 Å². The Morgan fingerprint density at radius 2 is 2.06 bits per heavy atom. The molecule has 16 heavy (non-hydrogen) atoms. The number of thiophene rings is 1. The number of ether oxygens (including phenoxy) is 1. The van der Waals surface area contributed by atoms with Crippen molar-refractivity contribution in [1.82, 2.24) is 0 Å². The van der Waals surface area contributed by atoms with Crippen LogP contribution in [0, 0.1) is 0 Å². The molecule has 0 fully saturated rings. The molecule has 1 aromatic carbocycles. The maximum absolute atomic E-state index is 6.18. The summed E-state index contributed by atoms with van der Waals surface area (Å²) in [4.78, 5) is 0.996. The third-order valence-electron chi connectivity index (χ3n) is 2.40. The van der Waals surface area contributed by atoms with Gasteiger partial charge < -0.3 is 10.5 Å². The van der Waals surface area contributed by atoms with Crippen LogP contribution in [0.3, 0.4) is 0 Å². The molecule has 2 rings (SSSR count). The summed E-state index contributed by atoms with van der Waals surface area (Å²) in [5.41, 5.74) is 7.11. The van der Waals surface area contributed by atoms with Gasteiger partial charge in [0.1, 0.15) is 5.75 Å². The first-order valence-electron chi connectivity index (χ1n) is 4.85. The summed E-state index contributed by atoms with van der Waals surface area (Å²) in [6.07, 6.45) is 0. The quantitative estimate of drug-likeness (QED) is 0.909. The third kappa shape index (κ3) is 2.07. The molecule has 2 nitrogen and oxygen atoms in total. The van der Waals surface area contributed by atoms with Gasteiger partial charge in [0.2, 0.25) is 0 Å². The van der Waals surface area contributed by atoms with Gasteiger partial charge in [-0.05, 0) is 23.1 Å². The van der Waals surface area contributed by atoms with Gasteiger partial charge in [-0.3, -0.25) is 0 Å². The maximum atomic E-state index is 6.18. The molecule has 0 aliphatic heterocycles. The summed E-state index contributed by atoms with van der Waals surface area (Å²) in [5.74, 6) is 0.817. The van der Waals surface area contributed by atoms with Gasteiger partial charge >= 0.3 is 0 Å². The van der Waals surface area contributed by atoms with Crippen molar-refractivity contribution in [3.05, 3.63) is 51.2 Å². The number of hydrogen-bond donors (Lipinski definition) is 1. The number of benzene rings is 1. The zero-order valence-corrected chi connectivity index (χ0v) is 10.4. The molecule has 0 aliphatic rings. The van der Waals surface area contributed by atoms with Gasteiger partial charge in [0.25, 0.3) is 0 Å².